The van der Waals surface area contributed by atoms with Crippen molar-refractivity contribution in [1.82, 2.24) is 0 Å². The molecule has 0 saturated heterocycles. The maximum atomic E-state index is 11.0. The van der Waals surface area contributed by atoms with Crippen molar-refractivity contribution in [2.45, 2.75) is 70.8 Å². The van der Waals surface area contributed by atoms with Crippen LogP contribution in [0, 0.1) is 5.41 Å². The summed E-state index contributed by atoms with van der Waals surface area (Å²) in [6.07, 6.45) is 12.7. The summed E-state index contributed by atoms with van der Waals surface area (Å²) in [6.45, 7) is 3.03. The van der Waals surface area contributed by atoms with Gasteiger partial charge in [-0.1, -0.05) is 37.5 Å². The molecule has 4 nitrogen and oxygen atoms in total. The van der Waals surface area contributed by atoms with E-state index in [2.05, 4.69) is 6.08 Å². The van der Waals surface area contributed by atoms with E-state index in [1.807, 2.05) is 31.2 Å². The first-order chi connectivity index (χ1) is 13.1. The van der Waals surface area contributed by atoms with Gasteiger partial charge in [-0.2, -0.15) is 0 Å². The first-order valence-electron chi connectivity index (χ1n) is 10.4. The average Bonchev–Trinajstić information content (AvgIpc) is 2.67. The predicted octanol–water partition coefficient (Wildman–Crippen LogP) is 5.03. The Labute approximate surface area is 191 Å². The second-order valence-electron chi connectivity index (χ2n) is 7.98. The van der Waals surface area contributed by atoms with Crippen LogP contribution in [-0.4, -0.2) is 53.8 Å². The molecule has 3 rings (SSSR count). The van der Waals surface area contributed by atoms with Crippen molar-refractivity contribution in [2.24, 2.45) is 5.41 Å². The van der Waals surface area contributed by atoms with Crippen molar-refractivity contribution in [3.63, 3.8) is 0 Å². The van der Waals surface area contributed by atoms with Gasteiger partial charge in [-0.25, -0.2) is 0 Å². The van der Waals surface area contributed by atoms with Gasteiger partial charge < -0.3 is 14.6 Å². The van der Waals surface area contributed by atoms with E-state index in [4.69, 9.17) is 14.6 Å². The van der Waals surface area contributed by atoms with E-state index in [-0.39, 0.29) is 36.0 Å². The van der Waals surface area contributed by atoms with Crippen LogP contribution in [0.3, 0.4) is 0 Å². The van der Waals surface area contributed by atoms with Gasteiger partial charge in [0.25, 0.3) is 0 Å². The average molecular weight is 397 g/mol. The summed E-state index contributed by atoms with van der Waals surface area (Å²) in [5.41, 5.74) is 2.76. The van der Waals surface area contributed by atoms with Gasteiger partial charge in [0.2, 0.25) is 0 Å². The van der Waals surface area contributed by atoms with E-state index >= 15 is 0 Å². The van der Waals surface area contributed by atoms with Gasteiger partial charge in [0, 0.05) is 6.61 Å². The van der Waals surface area contributed by atoms with Crippen LogP contribution in [0.5, 0.6) is 5.75 Å². The van der Waals surface area contributed by atoms with Crippen LogP contribution in [0.1, 0.15) is 76.4 Å². The molecule has 1 atom stereocenters. The van der Waals surface area contributed by atoms with Gasteiger partial charge in [0.1, 0.15) is 12.4 Å². The second kappa shape index (κ2) is 11.4. The third-order valence-corrected chi connectivity index (χ3v) is 5.94. The monoisotopic (exact) mass is 396 g/mol. The Morgan fingerprint density at radius 2 is 1.79 bits per heavy atom. The molecule has 1 N–H and O–H groups in total. The fraction of sp³-hybridized carbons (Fsp3) is 0.609. The van der Waals surface area contributed by atoms with Crippen LogP contribution < -0.4 is 4.74 Å². The first-order valence-corrected chi connectivity index (χ1v) is 10.4. The molecule has 0 bridgehead atoms. The van der Waals surface area contributed by atoms with Gasteiger partial charge >= 0.3 is 35.5 Å². The van der Waals surface area contributed by atoms with E-state index in [0.717, 1.165) is 17.7 Å². The summed E-state index contributed by atoms with van der Waals surface area (Å²) < 4.78 is 11.6. The molecule has 1 unspecified atom stereocenters. The molecular formula is C23H33NaO4. The number of ether oxygens (including phenoxy) is 2. The van der Waals surface area contributed by atoms with Gasteiger partial charge in [0.15, 0.2) is 0 Å². The number of allylic oxidation sites excluding steroid dienone is 1. The topological polar surface area (TPSA) is 55.8 Å². The van der Waals surface area contributed by atoms with Gasteiger partial charge in [-0.05, 0) is 67.7 Å². The molecular weight excluding hydrogens is 363 g/mol. The number of hydrogen-bond donors (Lipinski definition) is 1. The number of carbonyl (C=O) groups is 1. The molecule has 0 aliphatic heterocycles. The fourth-order valence-electron chi connectivity index (χ4n) is 4.60. The summed E-state index contributed by atoms with van der Waals surface area (Å²) in [4.78, 5) is 11.0. The number of aliphatic carboxylic acids is 1. The Balaban J connectivity index is 0.00000280. The van der Waals surface area contributed by atoms with E-state index in [1.165, 1.54) is 50.5 Å². The zero-order valence-corrected chi connectivity index (χ0v) is 16.4. The normalized spacial score (nSPS) is 19.4. The molecule has 28 heavy (non-hydrogen) atoms. The third-order valence-electron chi connectivity index (χ3n) is 5.94. The molecule has 0 radical (unpaired) electrons. The van der Waals surface area contributed by atoms with Gasteiger partial charge in [-0.15, -0.1) is 0 Å². The van der Waals surface area contributed by atoms with Crippen molar-refractivity contribution >= 4 is 35.5 Å². The minimum absolute atomic E-state index is 0. The number of benzene rings is 1. The SMILES string of the molecule is CCOC(CC(=O)O)c1ccc(OCC2=CC3(CCCCC3)CCC2)cc1.[NaH]. The first kappa shape index (κ1) is 23.5. The van der Waals surface area contributed by atoms with E-state index < -0.39 is 12.1 Å². The number of carboxylic acid groups (broad SMARTS) is 1. The molecule has 0 aromatic heterocycles. The zero-order chi connectivity index (χ0) is 19.1. The quantitative estimate of drug-likeness (QED) is 0.495. The fourth-order valence-corrected chi connectivity index (χ4v) is 4.60. The van der Waals surface area contributed by atoms with Crippen LogP contribution in [0.4, 0.5) is 0 Å². The molecule has 1 fully saturated rings. The summed E-state index contributed by atoms with van der Waals surface area (Å²) in [5, 5.41) is 9.05. The Kier molecular flexibility index (Phi) is 9.55. The molecule has 2 aliphatic carbocycles. The van der Waals surface area contributed by atoms with E-state index in [9.17, 15) is 4.79 Å². The van der Waals surface area contributed by atoms with Crippen LogP contribution in [0.25, 0.3) is 0 Å². The Morgan fingerprint density at radius 1 is 1.11 bits per heavy atom. The van der Waals surface area contributed by atoms with Crippen molar-refractivity contribution < 1.29 is 19.4 Å². The predicted molar refractivity (Wildman–Crippen MR) is 113 cm³/mol. The van der Waals surface area contributed by atoms with Gasteiger partial charge in [0.05, 0.1) is 12.5 Å². The zero-order valence-electron chi connectivity index (χ0n) is 16.4. The molecule has 1 aromatic rings. The molecule has 0 amide bonds. The summed E-state index contributed by atoms with van der Waals surface area (Å²) in [6, 6.07) is 7.67. The van der Waals surface area contributed by atoms with Crippen molar-refractivity contribution in [3.05, 3.63) is 41.5 Å². The molecule has 1 spiro atoms. The van der Waals surface area contributed by atoms with Crippen molar-refractivity contribution in [1.29, 1.82) is 0 Å². The molecule has 1 aromatic carbocycles. The Hall–Kier alpha value is -0.810. The Bertz CT molecular complexity index is 647. The van der Waals surface area contributed by atoms with Crippen molar-refractivity contribution in [2.75, 3.05) is 13.2 Å². The standard InChI is InChI=1S/C23H32O4.Na.H/c1-2-26-21(15-22(24)25)19-8-10-20(11-9-19)27-17-18-7-6-14-23(16-18)12-4-3-5-13-23;;/h8-11,16,21H,2-7,12-15,17H2,1H3,(H,24,25);;. The summed E-state index contributed by atoms with van der Waals surface area (Å²) >= 11 is 0. The second-order valence-corrected chi connectivity index (χ2v) is 7.98. The third kappa shape index (κ3) is 6.62. The molecule has 0 heterocycles. The molecule has 150 valence electrons. The van der Waals surface area contributed by atoms with Crippen LogP contribution in [0.2, 0.25) is 0 Å². The minimum atomic E-state index is -0.852. The van der Waals surface area contributed by atoms with Crippen LogP contribution in [0.15, 0.2) is 35.9 Å². The molecule has 2 aliphatic rings. The molecule has 1 saturated carbocycles. The summed E-state index contributed by atoms with van der Waals surface area (Å²) in [7, 11) is 0. The van der Waals surface area contributed by atoms with E-state index in [0.29, 0.717) is 18.6 Å². The van der Waals surface area contributed by atoms with Crippen molar-refractivity contribution in [3.8, 4) is 5.75 Å². The number of carboxylic acids is 1. The maximum absolute atomic E-state index is 11.0. The van der Waals surface area contributed by atoms with Crippen LogP contribution >= 0.6 is 0 Å². The van der Waals surface area contributed by atoms with Gasteiger partial charge in [-0.3, -0.25) is 4.79 Å². The number of hydrogen-bond acceptors (Lipinski definition) is 3. The Morgan fingerprint density at radius 3 is 2.43 bits per heavy atom. The molecule has 5 heteroatoms. The van der Waals surface area contributed by atoms with E-state index in [1.54, 1.807) is 0 Å². The summed E-state index contributed by atoms with van der Waals surface area (Å²) in [5.74, 6) is -0.0249. The van der Waals surface area contributed by atoms with Crippen LogP contribution in [-0.2, 0) is 9.53 Å². The number of rotatable bonds is 8.